The lowest BCUT2D eigenvalue weighted by molar-refractivity contribution is -0.480. The summed E-state index contributed by atoms with van der Waals surface area (Å²) in [6, 6.07) is 0. The Bertz CT molecular complexity index is 91.3. The zero-order valence-electron chi connectivity index (χ0n) is 4.37. The number of hydrogen-bond donors (Lipinski definition) is 0. The Kier molecular flexibility index (Phi) is 3.74. The molecule has 0 aliphatic rings. The molecular formula is C4H7NO3. The van der Waals surface area contributed by atoms with Crippen LogP contribution in [0.2, 0.25) is 0 Å². The van der Waals surface area contributed by atoms with Crippen LogP contribution in [0.4, 0.5) is 0 Å². The molecule has 0 aromatic rings. The Morgan fingerprint density at radius 2 is 2.25 bits per heavy atom. The van der Waals surface area contributed by atoms with Gasteiger partial charge in [0, 0.05) is 17.8 Å². The van der Waals surface area contributed by atoms with E-state index < -0.39 is 4.92 Å². The van der Waals surface area contributed by atoms with Gasteiger partial charge in [-0.25, -0.2) is 0 Å². The van der Waals surface area contributed by atoms with Gasteiger partial charge in [-0.1, -0.05) is 0 Å². The zero-order valence-corrected chi connectivity index (χ0v) is 4.37. The van der Waals surface area contributed by atoms with E-state index in [1.807, 2.05) is 0 Å². The highest BCUT2D eigenvalue weighted by Gasteiger charge is 1.92. The lowest BCUT2D eigenvalue weighted by atomic mass is 10.3. The van der Waals surface area contributed by atoms with Crippen molar-refractivity contribution in [2.24, 2.45) is 0 Å². The average Bonchev–Trinajstić information content (AvgIpc) is 1.66. The Balaban J connectivity index is 2.93. The number of hydrogen-bond acceptors (Lipinski definition) is 3. The SMILES string of the molecule is O=CCCC[N+](=O)[O-]. The standard InChI is InChI=1S/C4H7NO3/c6-4-2-1-3-5(7)8/h4H,1-3H2. The van der Waals surface area contributed by atoms with Gasteiger partial charge in [-0.15, -0.1) is 0 Å². The fourth-order valence-corrected chi connectivity index (χ4v) is 0.304. The van der Waals surface area contributed by atoms with Crippen molar-refractivity contribution in [3.8, 4) is 0 Å². The van der Waals surface area contributed by atoms with E-state index >= 15 is 0 Å². The van der Waals surface area contributed by atoms with Crippen molar-refractivity contribution in [3.63, 3.8) is 0 Å². The molecule has 0 aromatic heterocycles. The van der Waals surface area contributed by atoms with Gasteiger partial charge >= 0.3 is 0 Å². The number of carbonyl (C=O) groups is 1. The average molecular weight is 117 g/mol. The number of carbonyl (C=O) groups excluding carboxylic acids is 1. The predicted octanol–water partition coefficient (Wildman–Crippen LogP) is 0.242. The van der Waals surface area contributed by atoms with Crippen LogP contribution in [0.5, 0.6) is 0 Å². The van der Waals surface area contributed by atoms with Gasteiger partial charge in [0.25, 0.3) is 0 Å². The van der Waals surface area contributed by atoms with Crippen LogP contribution in [0, 0.1) is 10.1 Å². The van der Waals surface area contributed by atoms with Crippen LogP contribution in [0.3, 0.4) is 0 Å². The summed E-state index contributed by atoms with van der Waals surface area (Å²) in [4.78, 5) is 18.7. The van der Waals surface area contributed by atoms with E-state index in [9.17, 15) is 14.9 Å². The summed E-state index contributed by atoms with van der Waals surface area (Å²) in [5, 5.41) is 9.56. The van der Waals surface area contributed by atoms with Crippen molar-refractivity contribution >= 4 is 6.29 Å². The second kappa shape index (κ2) is 4.23. The second-order valence-corrected chi connectivity index (χ2v) is 1.37. The molecule has 0 aromatic carbocycles. The van der Waals surface area contributed by atoms with Crippen LogP contribution in [-0.2, 0) is 4.79 Å². The van der Waals surface area contributed by atoms with Gasteiger partial charge in [-0.3, -0.25) is 10.1 Å². The number of nitrogens with zero attached hydrogens (tertiary/aromatic N) is 1. The van der Waals surface area contributed by atoms with Gasteiger partial charge in [0.15, 0.2) is 0 Å². The molecular weight excluding hydrogens is 110 g/mol. The minimum Gasteiger partial charge on any atom is -0.303 e. The summed E-state index contributed by atoms with van der Waals surface area (Å²) in [6.45, 7) is -0.0985. The van der Waals surface area contributed by atoms with Gasteiger partial charge in [0.1, 0.15) is 6.29 Å². The van der Waals surface area contributed by atoms with Crippen molar-refractivity contribution in [1.29, 1.82) is 0 Å². The number of nitro groups is 1. The number of unbranched alkanes of at least 4 members (excludes halogenated alkanes) is 1. The van der Waals surface area contributed by atoms with E-state index in [2.05, 4.69) is 0 Å². The molecule has 0 saturated heterocycles. The molecule has 0 N–H and O–H groups in total. The summed E-state index contributed by atoms with van der Waals surface area (Å²) in [5.74, 6) is 0. The Morgan fingerprint density at radius 3 is 2.62 bits per heavy atom. The first-order valence-electron chi connectivity index (χ1n) is 2.33. The molecule has 0 amide bonds. The third kappa shape index (κ3) is 5.07. The molecule has 46 valence electrons. The fourth-order valence-electron chi connectivity index (χ4n) is 0.304. The first kappa shape index (κ1) is 7.07. The quantitative estimate of drug-likeness (QED) is 0.229. The summed E-state index contributed by atoms with van der Waals surface area (Å²) in [7, 11) is 0. The van der Waals surface area contributed by atoms with Crippen LogP contribution in [0.15, 0.2) is 0 Å². The van der Waals surface area contributed by atoms with Gasteiger partial charge in [0.05, 0.1) is 0 Å². The van der Waals surface area contributed by atoms with Crippen molar-refractivity contribution in [1.82, 2.24) is 0 Å². The molecule has 0 radical (unpaired) electrons. The predicted molar refractivity (Wildman–Crippen MR) is 27.2 cm³/mol. The molecule has 0 unspecified atom stereocenters. The summed E-state index contributed by atoms with van der Waals surface area (Å²) in [5.41, 5.74) is 0. The molecule has 0 spiro atoms. The summed E-state index contributed by atoms with van der Waals surface area (Å²) in [6.07, 6.45) is 1.33. The third-order valence-electron chi connectivity index (χ3n) is 0.663. The molecule has 0 rings (SSSR count). The van der Waals surface area contributed by atoms with Gasteiger partial charge < -0.3 is 4.79 Å². The number of rotatable bonds is 4. The maximum absolute atomic E-state index is 9.56. The second-order valence-electron chi connectivity index (χ2n) is 1.37. The Hall–Kier alpha value is -0.930. The van der Waals surface area contributed by atoms with E-state index in [4.69, 9.17) is 0 Å². The molecule has 4 nitrogen and oxygen atoms in total. The van der Waals surface area contributed by atoms with E-state index in [0.29, 0.717) is 19.1 Å². The summed E-state index contributed by atoms with van der Waals surface area (Å²) >= 11 is 0. The van der Waals surface area contributed by atoms with Crippen LogP contribution in [-0.4, -0.2) is 17.8 Å². The van der Waals surface area contributed by atoms with E-state index in [-0.39, 0.29) is 6.54 Å². The fraction of sp³-hybridized carbons (Fsp3) is 0.750. The molecule has 8 heavy (non-hydrogen) atoms. The molecule has 0 atom stereocenters. The minimum atomic E-state index is -0.427. The first-order chi connectivity index (χ1) is 3.77. The molecule has 0 heterocycles. The largest absolute Gasteiger partial charge is 0.303 e. The first-order valence-corrected chi connectivity index (χ1v) is 2.33. The van der Waals surface area contributed by atoms with E-state index in [1.165, 1.54) is 0 Å². The monoisotopic (exact) mass is 117 g/mol. The zero-order chi connectivity index (χ0) is 6.41. The van der Waals surface area contributed by atoms with Gasteiger partial charge in [-0.05, 0) is 0 Å². The lowest BCUT2D eigenvalue weighted by Gasteiger charge is -1.84. The van der Waals surface area contributed by atoms with Gasteiger partial charge in [-0.2, -0.15) is 0 Å². The van der Waals surface area contributed by atoms with Crippen molar-refractivity contribution in [2.75, 3.05) is 6.54 Å². The van der Waals surface area contributed by atoms with Gasteiger partial charge in [0.2, 0.25) is 6.54 Å². The highest BCUT2D eigenvalue weighted by Crippen LogP contribution is 1.82. The van der Waals surface area contributed by atoms with Crippen LogP contribution < -0.4 is 0 Å². The van der Waals surface area contributed by atoms with Crippen LogP contribution >= 0.6 is 0 Å². The maximum atomic E-state index is 9.56. The molecule has 0 saturated carbocycles. The molecule has 0 aliphatic heterocycles. The topological polar surface area (TPSA) is 60.2 Å². The van der Waals surface area contributed by atoms with Crippen molar-refractivity contribution < 1.29 is 9.72 Å². The van der Waals surface area contributed by atoms with Crippen molar-refractivity contribution in [3.05, 3.63) is 10.1 Å². The van der Waals surface area contributed by atoms with Crippen molar-refractivity contribution in [2.45, 2.75) is 12.8 Å². The minimum absolute atomic E-state index is 0.0985. The Morgan fingerprint density at radius 1 is 1.62 bits per heavy atom. The smallest absolute Gasteiger partial charge is 0.204 e. The third-order valence-corrected chi connectivity index (χ3v) is 0.663. The summed E-state index contributed by atoms with van der Waals surface area (Å²) < 4.78 is 0. The van der Waals surface area contributed by atoms with Crippen LogP contribution in [0.25, 0.3) is 0 Å². The highest BCUT2D eigenvalue weighted by molar-refractivity contribution is 5.48. The Labute approximate surface area is 46.6 Å². The normalized spacial score (nSPS) is 8.50. The highest BCUT2D eigenvalue weighted by atomic mass is 16.6. The molecule has 4 heteroatoms. The maximum Gasteiger partial charge on any atom is 0.204 e. The van der Waals surface area contributed by atoms with E-state index in [1.54, 1.807) is 0 Å². The lowest BCUT2D eigenvalue weighted by Crippen LogP contribution is -1.99. The van der Waals surface area contributed by atoms with Crippen LogP contribution in [0.1, 0.15) is 12.8 Å². The van der Waals surface area contributed by atoms with E-state index in [0.717, 1.165) is 0 Å². The molecule has 0 fully saturated rings. The molecule has 0 aliphatic carbocycles. The molecule has 0 bridgehead atoms. The number of aldehydes is 1.